The number of amides is 2. The van der Waals surface area contributed by atoms with Gasteiger partial charge >= 0.3 is 0 Å². The maximum atomic E-state index is 13.9. The van der Waals surface area contributed by atoms with Gasteiger partial charge in [0.2, 0.25) is 11.8 Å². The van der Waals surface area contributed by atoms with E-state index < -0.39 is 23.4 Å². The van der Waals surface area contributed by atoms with Crippen LogP contribution in [0.25, 0.3) is 0 Å². The van der Waals surface area contributed by atoms with E-state index in [0.717, 1.165) is 22.6 Å². The van der Waals surface area contributed by atoms with Crippen molar-refractivity contribution in [2.24, 2.45) is 0 Å². The molecule has 0 aliphatic rings. The fourth-order valence-electron chi connectivity index (χ4n) is 2.47. The van der Waals surface area contributed by atoms with Crippen LogP contribution in [-0.4, -0.2) is 24.9 Å². The van der Waals surface area contributed by atoms with Crippen LogP contribution in [0.4, 0.5) is 18.9 Å². The standard InChI is InChI=1S/C19H19F3N2O2/c1-13(25)24(16-9-8-15(20)18(21)19(16)22)12-11-23-17(26)10-7-14-5-3-2-4-6-14/h2-6,8-9H,7,10-12H2,1H3,(H,23,26). The second kappa shape index (κ2) is 9.03. The molecule has 2 aromatic rings. The zero-order chi connectivity index (χ0) is 19.1. The Labute approximate surface area is 149 Å². The Kier molecular flexibility index (Phi) is 6.77. The molecule has 0 aromatic heterocycles. The summed E-state index contributed by atoms with van der Waals surface area (Å²) in [6, 6.07) is 11.2. The number of halogens is 3. The zero-order valence-electron chi connectivity index (χ0n) is 14.3. The summed E-state index contributed by atoms with van der Waals surface area (Å²) in [4.78, 5) is 24.5. The van der Waals surface area contributed by atoms with E-state index in [2.05, 4.69) is 5.32 Å². The first-order valence-corrected chi connectivity index (χ1v) is 8.12. The lowest BCUT2D eigenvalue weighted by Crippen LogP contribution is -2.38. The second-order valence-electron chi connectivity index (χ2n) is 5.70. The van der Waals surface area contributed by atoms with Crippen LogP contribution in [0.1, 0.15) is 18.9 Å². The summed E-state index contributed by atoms with van der Waals surface area (Å²) in [6.07, 6.45) is 0.838. The summed E-state index contributed by atoms with van der Waals surface area (Å²) in [5.41, 5.74) is 0.659. The van der Waals surface area contributed by atoms with Crippen molar-refractivity contribution in [3.05, 3.63) is 65.5 Å². The maximum absolute atomic E-state index is 13.9. The number of rotatable bonds is 7. The Balaban J connectivity index is 1.90. The van der Waals surface area contributed by atoms with E-state index in [1.54, 1.807) is 0 Å². The quantitative estimate of drug-likeness (QED) is 0.767. The normalized spacial score (nSPS) is 10.5. The number of aryl methyl sites for hydroxylation is 1. The Morgan fingerprint density at radius 2 is 1.69 bits per heavy atom. The zero-order valence-corrected chi connectivity index (χ0v) is 14.3. The minimum atomic E-state index is -1.64. The van der Waals surface area contributed by atoms with Gasteiger partial charge in [-0.05, 0) is 24.1 Å². The fraction of sp³-hybridized carbons (Fsp3) is 0.263. The topological polar surface area (TPSA) is 49.4 Å². The van der Waals surface area contributed by atoms with Crippen molar-refractivity contribution in [2.45, 2.75) is 19.8 Å². The molecular formula is C19H19F3N2O2. The molecule has 0 aliphatic heterocycles. The van der Waals surface area contributed by atoms with Crippen molar-refractivity contribution in [2.75, 3.05) is 18.0 Å². The minimum absolute atomic E-state index is 0.0611. The van der Waals surface area contributed by atoms with Crippen LogP contribution in [-0.2, 0) is 16.0 Å². The summed E-state index contributed by atoms with van der Waals surface area (Å²) < 4.78 is 40.3. The van der Waals surface area contributed by atoms with Crippen LogP contribution in [0.2, 0.25) is 0 Å². The van der Waals surface area contributed by atoms with Gasteiger partial charge in [0.1, 0.15) is 0 Å². The summed E-state index contributed by atoms with van der Waals surface area (Å²) >= 11 is 0. The Morgan fingerprint density at radius 3 is 2.35 bits per heavy atom. The highest BCUT2D eigenvalue weighted by molar-refractivity contribution is 5.91. The SMILES string of the molecule is CC(=O)N(CCNC(=O)CCc1ccccc1)c1ccc(F)c(F)c1F. The molecule has 2 rings (SSSR count). The predicted molar refractivity (Wildman–Crippen MR) is 92.1 cm³/mol. The van der Waals surface area contributed by atoms with Crippen molar-refractivity contribution < 1.29 is 22.8 Å². The number of carbonyl (C=O) groups is 2. The second-order valence-corrected chi connectivity index (χ2v) is 5.70. The molecule has 0 spiro atoms. The fourth-order valence-corrected chi connectivity index (χ4v) is 2.47. The van der Waals surface area contributed by atoms with E-state index in [1.807, 2.05) is 30.3 Å². The van der Waals surface area contributed by atoms with Gasteiger partial charge in [0.15, 0.2) is 17.5 Å². The summed E-state index contributed by atoms with van der Waals surface area (Å²) in [5.74, 6) is -5.17. The van der Waals surface area contributed by atoms with Crippen molar-refractivity contribution in [1.82, 2.24) is 5.32 Å². The van der Waals surface area contributed by atoms with Gasteiger partial charge in [0, 0.05) is 26.4 Å². The Morgan fingerprint density at radius 1 is 1.00 bits per heavy atom. The number of benzene rings is 2. The van der Waals surface area contributed by atoms with Crippen LogP contribution >= 0.6 is 0 Å². The van der Waals surface area contributed by atoms with Crippen molar-refractivity contribution in [1.29, 1.82) is 0 Å². The molecule has 0 heterocycles. The highest BCUT2D eigenvalue weighted by Crippen LogP contribution is 2.23. The summed E-state index contributed by atoms with van der Waals surface area (Å²) in [5, 5.41) is 2.63. The number of anilines is 1. The molecule has 2 aromatic carbocycles. The van der Waals surface area contributed by atoms with E-state index in [1.165, 1.54) is 6.92 Å². The van der Waals surface area contributed by atoms with Gasteiger partial charge in [-0.15, -0.1) is 0 Å². The lowest BCUT2D eigenvalue weighted by atomic mass is 10.1. The van der Waals surface area contributed by atoms with Crippen LogP contribution in [0.3, 0.4) is 0 Å². The lowest BCUT2D eigenvalue weighted by Gasteiger charge is -2.22. The van der Waals surface area contributed by atoms with Crippen molar-refractivity contribution in [3.8, 4) is 0 Å². The van der Waals surface area contributed by atoms with Crippen LogP contribution < -0.4 is 10.2 Å². The number of nitrogens with one attached hydrogen (secondary N) is 1. The summed E-state index contributed by atoms with van der Waals surface area (Å²) in [7, 11) is 0. The largest absolute Gasteiger partial charge is 0.354 e. The number of nitrogens with zero attached hydrogens (tertiary/aromatic N) is 1. The van der Waals surface area contributed by atoms with E-state index in [9.17, 15) is 22.8 Å². The van der Waals surface area contributed by atoms with Gasteiger partial charge < -0.3 is 10.2 Å². The van der Waals surface area contributed by atoms with Crippen molar-refractivity contribution >= 4 is 17.5 Å². The smallest absolute Gasteiger partial charge is 0.224 e. The first-order chi connectivity index (χ1) is 12.4. The summed E-state index contributed by atoms with van der Waals surface area (Å²) in [6.45, 7) is 1.18. The predicted octanol–water partition coefficient (Wildman–Crippen LogP) is 3.21. The van der Waals surface area contributed by atoms with E-state index in [4.69, 9.17) is 0 Å². The van der Waals surface area contributed by atoms with E-state index in [-0.39, 0.29) is 31.1 Å². The number of hydrogen-bond acceptors (Lipinski definition) is 2. The van der Waals surface area contributed by atoms with Crippen LogP contribution in [0.5, 0.6) is 0 Å². The van der Waals surface area contributed by atoms with Gasteiger partial charge in [0.05, 0.1) is 5.69 Å². The molecule has 138 valence electrons. The molecule has 0 radical (unpaired) electrons. The molecule has 4 nitrogen and oxygen atoms in total. The molecule has 7 heteroatoms. The van der Waals surface area contributed by atoms with Gasteiger partial charge in [-0.1, -0.05) is 30.3 Å². The molecule has 26 heavy (non-hydrogen) atoms. The highest BCUT2D eigenvalue weighted by atomic mass is 19.2. The molecule has 2 amide bonds. The monoisotopic (exact) mass is 364 g/mol. The molecule has 0 aliphatic carbocycles. The van der Waals surface area contributed by atoms with E-state index >= 15 is 0 Å². The first kappa shape index (κ1) is 19.5. The molecule has 0 fully saturated rings. The Bertz CT molecular complexity index is 782. The van der Waals surface area contributed by atoms with Crippen LogP contribution in [0.15, 0.2) is 42.5 Å². The van der Waals surface area contributed by atoms with Gasteiger partial charge in [0.25, 0.3) is 0 Å². The van der Waals surface area contributed by atoms with Gasteiger partial charge in [-0.3, -0.25) is 9.59 Å². The lowest BCUT2D eigenvalue weighted by molar-refractivity contribution is -0.121. The third kappa shape index (κ3) is 5.08. The van der Waals surface area contributed by atoms with Crippen LogP contribution in [0, 0.1) is 17.5 Å². The minimum Gasteiger partial charge on any atom is -0.354 e. The molecule has 0 unspecified atom stereocenters. The molecule has 1 N–H and O–H groups in total. The third-order valence-electron chi connectivity index (χ3n) is 3.83. The third-order valence-corrected chi connectivity index (χ3v) is 3.83. The molecule has 0 bridgehead atoms. The van der Waals surface area contributed by atoms with E-state index in [0.29, 0.717) is 6.42 Å². The number of carbonyl (C=O) groups excluding carboxylic acids is 2. The Hall–Kier alpha value is -2.83. The van der Waals surface area contributed by atoms with Crippen molar-refractivity contribution in [3.63, 3.8) is 0 Å². The first-order valence-electron chi connectivity index (χ1n) is 8.12. The molecule has 0 saturated carbocycles. The molecular weight excluding hydrogens is 345 g/mol. The molecule has 0 saturated heterocycles. The number of hydrogen-bond donors (Lipinski definition) is 1. The van der Waals surface area contributed by atoms with Gasteiger partial charge in [-0.25, -0.2) is 13.2 Å². The average Bonchev–Trinajstić information content (AvgIpc) is 2.63. The average molecular weight is 364 g/mol. The highest BCUT2D eigenvalue weighted by Gasteiger charge is 2.20. The molecule has 0 atom stereocenters. The maximum Gasteiger partial charge on any atom is 0.224 e. The van der Waals surface area contributed by atoms with Gasteiger partial charge in [-0.2, -0.15) is 0 Å².